The Hall–Kier alpha value is -2.50. The number of halogens is 6. The van der Waals surface area contributed by atoms with E-state index in [0.29, 0.717) is 16.2 Å². The van der Waals surface area contributed by atoms with Crippen molar-refractivity contribution in [2.24, 2.45) is 0 Å². The van der Waals surface area contributed by atoms with E-state index in [1.54, 1.807) is 24.3 Å². The van der Waals surface area contributed by atoms with Gasteiger partial charge in [-0.25, -0.2) is 3.63 Å². The number of benzene rings is 3. The van der Waals surface area contributed by atoms with Crippen LogP contribution in [0.3, 0.4) is 0 Å². The fourth-order valence-electron chi connectivity index (χ4n) is 2.73. The first-order valence-corrected chi connectivity index (χ1v) is 11.5. The summed E-state index contributed by atoms with van der Waals surface area (Å²) in [5.41, 5.74) is -5.83. The molecule has 0 radical (unpaired) electrons. The van der Waals surface area contributed by atoms with Gasteiger partial charge in [0, 0.05) is 15.9 Å². The largest absolute Gasteiger partial charge is 0.524 e. The molecule has 1 atom stereocenters. The number of hydrogen-bond donors (Lipinski definition) is 0. The highest BCUT2D eigenvalue weighted by Gasteiger charge is 2.51. The molecule has 0 saturated carbocycles. The van der Waals surface area contributed by atoms with Gasteiger partial charge in [0.25, 0.3) is 0 Å². The first-order valence-electron chi connectivity index (χ1n) is 8.50. The summed E-state index contributed by atoms with van der Waals surface area (Å²) in [6.45, 7) is 0. The highest BCUT2D eigenvalue weighted by atomic mass is 32.3. The van der Waals surface area contributed by atoms with Crippen molar-refractivity contribution in [2.75, 3.05) is 0 Å². The highest BCUT2D eigenvalue weighted by molar-refractivity contribution is 8.35. The number of rotatable bonds is 5. The van der Waals surface area contributed by atoms with Crippen LogP contribution < -0.4 is 0 Å². The fraction of sp³-hybridized carbons (Fsp3) is 0.100. The molecule has 0 fully saturated rings. The Morgan fingerprint density at radius 1 is 0.710 bits per heavy atom. The van der Waals surface area contributed by atoms with E-state index in [9.17, 15) is 34.8 Å². The minimum Gasteiger partial charge on any atom is -0.200 e. The molecule has 3 aromatic carbocycles. The predicted molar refractivity (Wildman–Crippen MR) is 106 cm³/mol. The van der Waals surface area contributed by atoms with E-state index in [1.165, 1.54) is 48.5 Å². The predicted octanol–water partition coefficient (Wildman–Crippen LogP) is 6.92. The van der Waals surface area contributed by atoms with Crippen molar-refractivity contribution in [2.45, 2.75) is 21.5 Å². The molecular weight excluding hydrogens is 466 g/mol. The zero-order valence-corrected chi connectivity index (χ0v) is 17.0. The SMILES string of the molecule is O=S(=O)(OS(C=CC(F)(F)F)(c1ccccc1)c1ccc2ccccc2c1)C(F)(F)F. The van der Waals surface area contributed by atoms with Crippen LogP contribution in [0.1, 0.15) is 0 Å². The van der Waals surface area contributed by atoms with Gasteiger partial charge in [-0.2, -0.15) is 34.8 Å². The number of alkyl halides is 6. The van der Waals surface area contributed by atoms with Crippen LogP contribution >= 0.6 is 10.3 Å². The van der Waals surface area contributed by atoms with Gasteiger partial charge in [0.2, 0.25) is 0 Å². The van der Waals surface area contributed by atoms with Crippen LogP contribution in [0.5, 0.6) is 0 Å². The van der Waals surface area contributed by atoms with E-state index in [0.717, 1.165) is 0 Å². The van der Waals surface area contributed by atoms with Gasteiger partial charge in [-0.15, -0.1) is 0 Å². The topological polar surface area (TPSA) is 43.4 Å². The Bertz CT molecular complexity index is 1200. The van der Waals surface area contributed by atoms with Crippen LogP contribution in [0.25, 0.3) is 10.8 Å². The van der Waals surface area contributed by atoms with Gasteiger partial charge in [-0.3, -0.25) is 0 Å². The molecule has 0 bridgehead atoms. The summed E-state index contributed by atoms with van der Waals surface area (Å²) in [5.74, 6) is 0. The molecule has 0 aliphatic carbocycles. The third-order valence-electron chi connectivity index (χ3n) is 4.09. The lowest BCUT2D eigenvalue weighted by Crippen LogP contribution is -2.27. The van der Waals surface area contributed by atoms with E-state index in [-0.39, 0.29) is 15.9 Å². The molecule has 3 rings (SSSR count). The van der Waals surface area contributed by atoms with Crippen LogP contribution in [-0.2, 0) is 13.7 Å². The Labute approximate surface area is 175 Å². The van der Waals surface area contributed by atoms with Gasteiger partial charge in [-0.05, 0) is 50.8 Å². The lowest BCUT2D eigenvalue weighted by atomic mass is 10.1. The molecule has 0 aliphatic heterocycles. The zero-order valence-electron chi connectivity index (χ0n) is 15.4. The molecule has 0 N–H and O–H groups in total. The lowest BCUT2D eigenvalue weighted by Gasteiger charge is -2.36. The molecule has 0 heterocycles. The second-order valence-electron chi connectivity index (χ2n) is 6.23. The Morgan fingerprint density at radius 2 is 1.29 bits per heavy atom. The maximum absolute atomic E-state index is 13.2. The Balaban J connectivity index is 2.36. The van der Waals surface area contributed by atoms with Gasteiger partial charge < -0.3 is 0 Å². The zero-order chi connectivity index (χ0) is 22.9. The second-order valence-corrected chi connectivity index (χ2v) is 10.6. The van der Waals surface area contributed by atoms with Crippen LogP contribution in [0, 0.1) is 0 Å². The van der Waals surface area contributed by atoms with E-state index in [2.05, 4.69) is 3.63 Å². The summed E-state index contributed by atoms with van der Waals surface area (Å²) in [7, 11) is -10.2. The first kappa shape index (κ1) is 23.2. The van der Waals surface area contributed by atoms with E-state index < -0.39 is 32.1 Å². The average Bonchev–Trinajstić information content (AvgIpc) is 2.70. The fourth-order valence-corrected chi connectivity index (χ4v) is 7.04. The van der Waals surface area contributed by atoms with Crippen LogP contribution in [0.2, 0.25) is 0 Å². The Kier molecular flexibility index (Phi) is 6.14. The van der Waals surface area contributed by atoms with Crippen molar-refractivity contribution in [3.8, 4) is 0 Å². The third-order valence-corrected chi connectivity index (χ3v) is 8.68. The minimum absolute atomic E-state index is 0.147. The molecule has 0 aromatic heterocycles. The molecule has 166 valence electrons. The summed E-state index contributed by atoms with van der Waals surface area (Å²) < 4.78 is 107. The van der Waals surface area contributed by atoms with Crippen molar-refractivity contribution in [3.63, 3.8) is 0 Å². The van der Waals surface area contributed by atoms with Gasteiger partial charge >= 0.3 is 21.8 Å². The molecule has 31 heavy (non-hydrogen) atoms. The quantitative estimate of drug-likeness (QED) is 0.294. The van der Waals surface area contributed by atoms with E-state index in [4.69, 9.17) is 0 Å². The molecule has 0 saturated heterocycles. The van der Waals surface area contributed by atoms with Crippen molar-refractivity contribution in [1.29, 1.82) is 0 Å². The smallest absolute Gasteiger partial charge is 0.200 e. The monoisotopic (exact) mass is 480 g/mol. The normalized spacial score (nSPS) is 16.3. The van der Waals surface area contributed by atoms with Crippen molar-refractivity contribution in [1.82, 2.24) is 0 Å². The van der Waals surface area contributed by atoms with Crippen molar-refractivity contribution in [3.05, 3.63) is 84.3 Å². The van der Waals surface area contributed by atoms with Crippen LogP contribution in [-0.4, -0.2) is 20.1 Å². The number of fused-ring (bicyclic) bond motifs is 1. The average molecular weight is 480 g/mol. The van der Waals surface area contributed by atoms with Gasteiger partial charge in [-0.1, -0.05) is 48.5 Å². The van der Waals surface area contributed by atoms with Gasteiger partial charge in [0.1, 0.15) is 0 Å². The van der Waals surface area contributed by atoms with Gasteiger partial charge in [0.15, 0.2) is 0 Å². The lowest BCUT2D eigenvalue weighted by molar-refractivity contribution is -0.0797. The molecule has 1 unspecified atom stereocenters. The second kappa shape index (κ2) is 8.21. The van der Waals surface area contributed by atoms with E-state index >= 15 is 0 Å². The standard InChI is InChI=1S/C20H14F6O3S2/c21-19(22,23)12-13-30(17-8-2-1-3-9-17,29-31(27,28)20(24,25)26)18-11-10-15-6-4-5-7-16(15)14-18/h1-14H. The molecule has 3 aromatic rings. The molecule has 0 spiro atoms. The summed E-state index contributed by atoms with van der Waals surface area (Å²) in [4.78, 5) is -0.302. The molecule has 0 aliphatic rings. The summed E-state index contributed by atoms with van der Waals surface area (Å²) >= 11 is 0. The molecule has 11 heteroatoms. The van der Waals surface area contributed by atoms with E-state index in [1.807, 2.05) is 0 Å². The Morgan fingerprint density at radius 3 is 1.87 bits per heavy atom. The maximum Gasteiger partial charge on any atom is 0.524 e. The molecule has 0 amide bonds. The molecule has 3 nitrogen and oxygen atoms in total. The highest BCUT2D eigenvalue weighted by Crippen LogP contribution is 2.67. The van der Waals surface area contributed by atoms with Crippen LogP contribution in [0.15, 0.2) is 94.1 Å². The van der Waals surface area contributed by atoms with Gasteiger partial charge in [0.05, 0.1) is 0 Å². The van der Waals surface area contributed by atoms with Crippen molar-refractivity contribution < 1.29 is 38.4 Å². The summed E-state index contributed by atoms with van der Waals surface area (Å²) in [6.07, 6.45) is -5.23. The van der Waals surface area contributed by atoms with Crippen LogP contribution in [0.4, 0.5) is 26.3 Å². The number of hydrogen-bond acceptors (Lipinski definition) is 3. The maximum atomic E-state index is 13.2. The summed E-state index contributed by atoms with van der Waals surface area (Å²) in [6, 6.07) is 17.3. The van der Waals surface area contributed by atoms with Crippen molar-refractivity contribution >= 4 is 31.2 Å². The number of allylic oxidation sites excluding steroid dienone is 1. The minimum atomic E-state index is -6.25. The first-order chi connectivity index (χ1) is 14.3. The summed E-state index contributed by atoms with van der Waals surface area (Å²) in [5, 5.41) is 1.50. The third kappa shape index (κ3) is 5.05. The molecular formula is C20H14F6O3S2.